The van der Waals surface area contributed by atoms with E-state index < -0.39 is 0 Å². The van der Waals surface area contributed by atoms with Crippen molar-refractivity contribution in [1.29, 1.82) is 0 Å². The molecule has 0 unspecified atom stereocenters. The molecule has 0 atom stereocenters. The lowest BCUT2D eigenvalue weighted by Crippen LogP contribution is -2.20. The number of nitrogens with zero attached hydrogens (tertiary/aromatic N) is 3. The average Bonchev–Trinajstić information content (AvgIpc) is 3.29. The maximum absolute atomic E-state index is 11.6. The van der Waals surface area contributed by atoms with Crippen LogP contribution in [0.4, 0.5) is 0 Å². The van der Waals surface area contributed by atoms with Gasteiger partial charge in [-0.3, -0.25) is 9.36 Å². The van der Waals surface area contributed by atoms with E-state index in [9.17, 15) is 4.79 Å². The largest absolute Gasteiger partial charge is 0.467 e. The van der Waals surface area contributed by atoms with Crippen LogP contribution in [0.3, 0.4) is 0 Å². The molecule has 0 aliphatic rings. The molecule has 0 saturated heterocycles. The van der Waals surface area contributed by atoms with Crippen molar-refractivity contribution in [3.05, 3.63) is 54.0 Å². The van der Waals surface area contributed by atoms with Gasteiger partial charge in [0.25, 0.3) is 0 Å². The summed E-state index contributed by atoms with van der Waals surface area (Å²) in [6.07, 6.45) is 1.65. The third kappa shape index (κ3) is 4.60. The van der Waals surface area contributed by atoms with E-state index in [1.54, 1.807) is 13.3 Å². The Balaban J connectivity index is 1.94. The number of thioether (sulfide) groups is 1. The second kappa shape index (κ2) is 8.00. The van der Waals surface area contributed by atoms with Gasteiger partial charge in [-0.25, -0.2) is 0 Å². The predicted molar refractivity (Wildman–Crippen MR) is 107 cm³/mol. The Labute approximate surface area is 163 Å². The van der Waals surface area contributed by atoms with E-state index >= 15 is 0 Å². The summed E-state index contributed by atoms with van der Waals surface area (Å²) in [6, 6.07) is 12.2. The summed E-state index contributed by atoms with van der Waals surface area (Å²) in [6.45, 7) is 7.07. The van der Waals surface area contributed by atoms with Crippen molar-refractivity contribution >= 4 is 17.7 Å². The van der Waals surface area contributed by atoms with Crippen LogP contribution < -0.4 is 5.32 Å². The molecule has 0 spiro atoms. The summed E-state index contributed by atoms with van der Waals surface area (Å²) < 4.78 is 7.48. The summed E-state index contributed by atoms with van der Waals surface area (Å²) >= 11 is 1.36. The summed E-state index contributed by atoms with van der Waals surface area (Å²) in [4.78, 5) is 11.6. The molecule has 6 nitrogen and oxygen atoms in total. The standard InChI is InChI=1S/C20H24N4O2S/c1-20(2,3)15-9-7-14(8-10-15)18-22-23-19(27-13-17(25)21-4)24(18)12-16-6-5-11-26-16/h5-11H,12-13H2,1-4H3,(H,21,25). The normalized spacial score (nSPS) is 11.6. The Morgan fingerprint density at radius 3 is 2.52 bits per heavy atom. The van der Waals surface area contributed by atoms with Gasteiger partial charge in [0.1, 0.15) is 5.76 Å². The van der Waals surface area contributed by atoms with Gasteiger partial charge in [-0.2, -0.15) is 0 Å². The molecule has 0 saturated carbocycles. The zero-order valence-electron chi connectivity index (χ0n) is 16.0. The van der Waals surface area contributed by atoms with Gasteiger partial charge < -0.3 is 9.73 Å². The fraction of sp³-hybridized carbons (Fsp3) is 0.350. The van der Waals surface area contributed by atoms with Crippen molar-refractivity contribution in [3.8, 4) is 11.4 Å². The van der Waals surface area contributed by atoms with Gasteiger partial charge in [-0.1, -0.05) is 56.8 Å². The van der Waals surface area contributed by atoms with Gasteiger partial charge >= 0.3 is 0 Å². The molecule has 0 fully saturated rings. The van der Waals surface area contributed by atoms with E-state index in [4.69, 9.17) is 4.42 Å². The number of hydrogen-bond donors (Lipinski definition) is 1. The molecule has 142 valence electrons. The molecule has 1 N–H and O–H groups in total. The Kier molecular flexibility index (Phi) is 5.70. The number of carbonyl (C=O) groups is 1. The SMILES string of the molecule is CNC(=O)CSc1nnc(-c2ccc(C(C)(C)C)cc2)n1Cc1ccco1. The van der Waals surface area contributed by atoms with Crippen molar-refractivity contribution in [2.24, 2.45) is 0 Å². The van der Waals surface area contributed by atoms with Crippen LogP contribution in [0.15, 0.2) is 52.2 Å². The van der Waals surface area contributed by atoms with Crippen LogP contribution in [0.5, 0.6) is 0 Å². The van der Waals surface area contributed by atoms with Crippen LogP contribution in [-0.4, -0.2) is 33.5 Å². The molecule has 0 bridgehead atoms. The lowest BCUT2D eigenvalue weighted by atomic mass is 9.87. The Hall–Kier alpha value is -2.54. The fourth-order valence-corrected chi connectivity index (χ4v) is 3.44. The van der Waals surface area contributed by atoms with E-state index in [1.165, 1.54) is 17.3 Å². The highest BCUT2D eigenvalue weighted by atomic mass is 32.2. The quantitative estimate of drug-likeness (QED) is 0.656. The highest BCUT2D eigenvalue weighted by Crippen LogP contribution is 2.28. The van der Waals surface area contributed by atoms with Crippen LogP contribution in [-0.2, 0) is 16.8 Å². The summed E-state index contributed by atoms with van der Waals surface area (Å²) in [5, 5.41) is 12.0. The second-order valence-corrected chi connectivity index (χ2v) is 8.20. The first-order valence-corrected chi connectivity index (χ1v) is 9.77. The predicted octanol–water partition coefficient (Wildman–Crippen LogP) is 3.72. The lowest BCUT2D eigenvalue weighted by molar-refractivity contribution is -0.118. The monoisotopic (exact) mass is 384 g/mol. The first-order chi connectivity index (χ1) is 12.9. The first kappa shape index (κ1) is 19.2. The van der Waals surface area contributed by atoms with Crippen LogP contribution in [0, 0.1) is 0 Å². The zero-order valence-corrected chi connectivity index (χ0v) is 16.8. The van der Waals surface area contributed by atoms with E-state index in [0.717, 1.165) is 17.1 Å². The molecule has 2 aromatic heterocycles. The number of benzene rings is 1. The molecular weight excluding hydrogens is 360 g/mol. The van der Waals surface area contributed by atoms with Crippen molar-refractivity contribution in [1.82, 2.24) is 20.1 Å². The third-order valence-corrected chi connectivity index (χ3v) is 5.20. The van der Waals surface area contributed by atoms with Crippen molar-refractivity contribution in [2.75, 3.05) is 12.8 Å². The van der Waals surface area contributed by atoms with Crippen molar-refractivity contribution in [3.63, 3.8) is 0 Å². The van der Waals surface area contributed by atoms with Crippen LogP contribution in [0.1, 0.15) is 32.1 Å². The molecule has 1 amide bonds. The highest BCUT2D eigenvalue weighted by Gasteiger charge is 2.18. The van der Waals surface area contributed by atoms with Crippen LogP contribution >= 0.6 is 11.8 Å². The van der Waals surface area contributed by atoms with E-state index in [0.29, 0.717) is 11.7 Å². The molecule has 3 rings (SSSR count). The molecule has 2 heterocycles. The topological polar surface area (TPSA) is 73.0 Å². The van der Waals surface area contributed by atoms with E-state index in [2.05, 4.69) is 60.6 Å². The fourth-order valence-electron chi connectivity index (χ4n) is 2.63. The molecule has 0 aliphatic carbocycles. The average molecular weight is 385 g/mol. The van der Waals surface area contributed by atoms with Crippen LogP contribution in [0.25, 0.3) is 11.4 Å². The number of furan rings is 1. The number of aromatic nitrogens is 3. The van der Waals surface area contributed by atoms with Crippen molar-refractivity contribution in [2.45, 2.75) is 37.9 Å². The number of nitrogens with one attached hydrogen (secondary N) is 1. The Bertz CT molecular complexity index is 893. The van der Waals surface area contributed by atoms with Gasteiger partial charge in [-0.15, -0.1) is 10.2 Å². The van der Waals surface area contributed by atoms with Gasteiger partial charge in [0.05, 0.1) is 18.6 Å². The van der Waals surface area contributed by atoms with Gasteiger partial charge in [-0.05, 0) is 23.1 Å². The molecule has 1 aromatic carbocycles. The third-order valence-electron chi connectivity index (χ3n) is 4.23. The first-order valence-electron chi connectivity index (χ1n) is 8.78. The lowest BCUT2D eigenvalue weighted by Gasteiger charge is -2.19. The minimum Gasteiger partial charge on any atom is -0.467 e. The zero-order chi connectivity index (χ0) is 19.4. The number of amides is 1. The molecule has 3 aromatic rings. The summed E-state index contributed by atoms with van der Waals surface area (Å²) in [7, 11) is 1.62. The number of hydrogen-bond acceptors (Lipinski definition) is 5. The number of rotatable bonds is 6. The molecule has 0 aliphatic heterocycles. The second-order valence-electron chi connectivity index (χ2n) is 7.26. The minimum absolute atomic E-state index is 0.0522. The van der Waals surface area contributed by atoms with Gasteiger partial charge in [0.15, 0.2) is 11.0 Å². The van der Waals surface area contributed by atoms with Gasteiger partial charge in [0.2, 0.25) is 5.91 Å². The molecule has 7 heteroatoms. The minimum atomic E-state index is -0.0522. The highest BCUT2D eigenvalue weighted by molar-refractivity contribution is 7.99. The van der Waals surface area contributed by atoms with E-state index in [-0.39, 0.29) is 17.1 Å². The maximum Gasteiger partial charge on any atom is 0.230 e. The Morgan fingerprint density at radius 1 is 1.19 bits per heavy atom. The Morgan fingerprint density at radius 2 is 1.93 bits per heavy atom. The molecule has 0 radical (unpaired) electrons. The smallest absolute Gasteiger partial charge is 0.230 e. The molecule has 27 heavy (non-hydrogen) atoms. The van der Waals surface area contributed by atoms with E-state index in [1.807, 2.05) is 16.7 Å². The van der Waals surface area contributed by atoms with Crippen LogP contribution in [0.2, 0.25) is 0 Å². The summed E-state index contributed by atoms with van der Waals surface area (Å²) in [5.41, 5.74) is 2.33. The van der Waals surface area contributed by atoms with Gasteiger partial charge in [0, 0.05) is 12.6 Å². The molecular formula is C20H24N4O2S. The number of carbonyl (C=O) groups excluding carboxylic acids is 1. The summed E-state index contributed by atoms with van der Waals surface area (Å²) in [5.74, 6) is 1.80. The van der Waals surface area contributed by atoms with Crippen molar-refractivity contribution < 1.29 is 9.21 Å². The maximum atomic E-state index is 11.6.